The number of hydrogen-bond acceptors (Lipinski definition) is 6. The normalized spacial score (nSPS) is 16.6. The van der Waals surface area contributed by atoms with Crippen LogP contribution in [0.25, 0.3) is 10.9 Å². The van der Waals surface area contributed by atoms with Crippen LogP contribution in [0.1, 0.15) is 56.0 Å². The fourth-order valence-corrected chi connectivity index (χ4v) is 5.52. The molecule has 1 aliphatic rings. The Morgan fingerprint density at radius 1 is 1.25 bits per heavy atom. The molecular formula is C25H26N4O2S. The molecule has 0 saturated carbocycles. The molecule has 1 unspecified atom stereocenters. The Labute approximate surface area is 191 Å². The third-order valence-corrected chi connectivity index (χ3v) is 7.36. The molecule has 7 heteroatoms. The van der Waals surface area contributed by atoms with Crippen LogP contribution >= 0.6 is 11.3 Å². The number of carbonyl (C=O) groups excluding carboxylic acids is 1. The van der Waals surface area contributed by atoms with Gasteiger partial charge in [0.25, 0.3) is 5.91 Å². The molecule has 1 saturated heterocycles. The predicted octanol–water partition coefficient (Wildman–Crippen LogP) is 5.09. The summed E-state index contributed by atoms with van der Waals surface area (Å²) in [5.41, 5.74) is 10.9. The summed E-state index contributed by atoms with van der Waals surface area (Å²) in [4.78, 5) is 22.0. The molecule has 32 heavy (non-hydrogen) atoms. The molecule has 1 fully saturated rings. The van der Waals surface area contributed by atoms with E-state index in [0.29, 0.717) is 12.2 Å². The zero-order chi connectivity index (χ0) is 22.2. The lowest BCUT2D eigenvalue weighted by molar-refractivity contribution is 0.0711. The average molecular weight is 447 g/mol. The smallest absolute Gasteiger partial charge is 0.263 e. The number of aromatic nitrogens is 2. The maximum Gasteiger partial charge on any atom is 0.263 e. The van der Waals surface area contributed by atoms with E-state index in [2.05, 4.69) is 5.16 Å². The highest BCUT2D eigenvalue weighted by Crippen LogP contribution is 2.33. The van der Waals surface area contributed by atoms with Crippen molar-refractivity contribution < 1.29 is 9.32 Å². The Bertz CT molecular complexity index is 1270. The van der Waals surface area contributed by atoms with Gasteiger partial charge in [-0.05, 0) is 51.0 Å². The topological polar surface area (TPSA) is 85.2 Å². The number of nitrogens with zero attached hydrogens (tertiary/aromatic N) is 3. The standard InChI is InChI=1S/C25H26N4O2S/c1-15-20(16(2)31-28-15)13-19-9-10-23(32-19)25(30)29-11-5-7-18(14-29)24-21(26)12-17-6-3-4-8-22(17)27-24/h3-4,6,8-10,12,18H,5,7,11,13-14,26H2,1-2H3. The monoisotopic (exact) mass is 446 g/mol. The largest absolute Gasteiger partial charge is 0.397 e. The Morgan fingerprint density at radius 2 is 2.09 bits per heavy atom. The van der Waals surface area contributed by atoms with Gasteiger partial charge in [0.05, 0.1) is 27.5 Å². The van der Waals surface area contributed by atoms with Gasteiger partial charge in [-0.15, -0.1) is 11.3 Å². The number of piperidine rings is 1. The van der Waals surface area contributed by atoms with E-state index >= 15 is 0 Å². The molecule has 1 aliphatic heterocycles. The molecule has 1 atom stereocenters. The summed E-state index contributed by atoms with van der Waals surface area (Å²) in [5, 5.41) is 5.07. The summed E-state index contributed by atoms with van der Waals surface area (Å²) in [7, 11) is 0. The summed E-state index contributed by atoms with van der Waals surface area (Å²) < 4.78 is 5.27. The second-order valence-corrected chi connectivity index (χ2v) is 9.66. The van der Waals surface area contributed by atoms with E-state index in [4.69, 9.17) is 15.2 Å². The van der Waals surface area contributed by atoms with Crippen LogP contribution in [0.4, 0.5) is 5.69 Å². The van der Waals surface area contributed by atoms with Crippen LogP contribution in [0.5, 0.6) is 0 Å². The lowest BCUT2D eigenvalue weighted by Gasteiger charge is -2.32. The average Bonchev–Trinajstić information content (AvgIpc) is 3.40. The van der Waals surface area contributed by atoms with Crippen molar-refractivity contribution >= 4 is 33.8 Å². The molecule has 5 rings (SSSR count). The van der Waals surface area contributed by atoms with Gasteiger partial charge in [0.2, 0.25) is 0 Å². The van der Waals surface area contributed by atoms with Crippen LogP contribution in [-0.4, -0.2) is 34.0 Å². The number of nitrogen functional groups attached to an aromatic ring is 1. The molecule has 0 bridgehead atoms. The maximum absolute atomic E-state index is 13.3. The lowest BCUT2D eigenvalue weighted by atomic mass is 9.92. The number of aryl methyl sites for hydroxylation is 2. The van der Waals surface area contributed by atoms with Crippen LogP contribution < -0.4 is 5.73 Å². The van der Waals surface area contributed by atoms with Crippen LogP contribution in [-0.2, 0) is 6.42 Å². The molecule has 4 aromatic rings. The first-order chi connectivity index (χ1) is 15.5. The van der Waals surface area contributed by atoms with Gasteiger partial charge >= 0.3 is 0 Å². The zero-order valence-electron chi connectivity index (χ0n) is 18.3. The number of hydrogen-bond donors (Lipinski definition) is 1. The third-order valence-electron chi connectivity index (χ3n) is 6.28. The fraction of sp³-hybridized carbons (Fsp3) is 0.320. The van der Waals surface area contributed by atoms with Crippen LogP contribution in [0, 0.1) is 13.8 Å². The summed E-state index contributed by atoms with van der Waals surface area (Å²) in [6.07, 6.45) is 2.67. The predicted molar refractivity (Wildman–Crippen MR) is 127 cm³/mol. The zero-order valence-corrected chi connectivity index (χ0v) is 19.1. The van der Waals surface area contributed by atoms with Crippen molar-refractivity contribution in [1.82, 2.24) is 15.0 Å². The van der Waals surface area contributed by atoms with E-state index in [1.165, 1.54) is 0 Å². The number of rotatable bonds is 4. The van der Waals surface area contributed by atoms with E-state index in [-0.39, 0.29) is 11.8 Å². The van der Waals surface area contributed by atoms with E-state index in [1.807, 2.05) is 61.2 Å². The van der Waals surface area contributed by atoms with Crippen molar-refractivity contribution in [2.24, 2.45) is 0 Å². The number of amides is 1. The van der Waals surface area contributed by atoms with Crippen molar-refractivity contribution in [3.63, 3.8) is 0 Å². The van der Waals surface area contributed by atoms with Crippen LogP contribution in [0.2, 0.25) is 0 Å². The molecule has 0 spiro atoms. The van der Waals surface area contributed by atoms with Crippen molar-refractivity contribution in [1.29, 1.82) is 0 Å². The van der Waals surface area contributed by atoms with Crippen molar-refractivity contribution in [2.45, 2.75) is 39.0 Å². The minimum atomic E-state index is 0.0871. The highest BCUT2D eigenvalue weighted by Gasteiger charge is 2.28. The summed E-state index contributed by atoms with van der Waals surface area (Å²) in [6, 6.07) is 14.0. The second-order valence-electron chi connectivity index (χ2n) is 8.49. The van der Waals surface area contributed by atoms with Crippen molar-refractivity contribution in [3.8, 4) is 0 Å². The number of para-hydroxylation sites is 1. The number of likely N-dealkylation sites (tertiary alicyclic amines) is 1. The number of nitrogens with two attached hydrogens (primary N) is 1. The first-order valence-electron chi connectivity index (χ1n) is 10.9. The fourth-order valence-electron chi connectivity index (χ4n) is 4.53. The minimum Gasteiger partial charge on any atom is -0.397 e. The first kappa shape index (κ1) is 20.7. The Kier molecular flexibility index (Phi) is 5.43. The van der Waals surface area contributed by atoms with Gasteiger partial charge in [-0.3, -0.25) is 9.78 Å². The summed E-state index contributed by atoms with van der Waals surface area (Å²) in [6.45, 7) is 5.28. The molecule has 4 heterocycles. The molecule has 2 N–H and O–H groups in total. The van der Waals surface area contributed by atoms with Gasteiger partial charge in [0.15, 0.2) is 0 Å². The minimum absolute atomic E-state index is 0.0871. The molecule has 3 aromatic heterocycles. The summed E-state index contributed by atoms with van der Waals surface area (Å²) >= 11 is 1.55. The lowest BCUT2D eigenvalue weighted by Crippen LogP contribution is -2.39. The van der Waals surface area contributed by atoms with Crippen molar-refractivity contribution in [2.75, 3.05) is 18.8 Å². The van der Waals surface area contributed by atoms with E-state index < -0.39 is 0 Å². The molecule has 0 radical (unpaired) electrons. The molecule has 1 amide bonds. The maximum atomic E-state index is 13.3. The Hall–Kier alpha value is -3.19. The van der Waals surface area contributed by atoms with Crippen LogP contribution in [0.3, 0.4) is 0 Å². The van der Waals surface area contributed by atoms with Gasteiger partial charge in [0, 0.05) is 41.3 Å². The van der Waals surface area contributed by atoms with E-state index in [0.717, 1.165) is 69.2 Å². The van der Waals surface area contributed by atoms with Gasteiger partial charge in [-0.2, -0.15) is 0 Å². The molecule has 0 aliphatic carbocycles. The Morgan fingerprint density at radius 3 is 2.91 bits per heavy atom. The van der Waals surface area contributed by atoms with Gasteiger partial charge < -0.3 is 15.2 Å². The summed E-state index contributed by atoms with van der Waals surface area (Å²) in [5.74, 6) is 1.08. The SMILES string of the molecule is Cc1noc(C)c1Cc1ccc(C(=O)N2CCCC(c3nc4ccccc4cc3N)C2)s1. The van der Waals surface area contributed by atoms with Crippen LogP contribution in [0.15, 0.2) is 47.0 Å². The molecule has 6 nitrogen and oxygen atoms in total. The number of fused-ring (bicyclic) bond motifs is 1. The quantitative estimate of drug-likeness (QED) is 0.472. The Balaban J connectivity index is 1.33. The van der Waals surface area contributed by atoms with E-state index in [1.54, 1.807) is 11.3 Å². The van der Waals surface area contributed by atoms with Gasteiger partial charge in [0.1, 0.15) is 5.76 Å². The number of benzene rings is 1. The third kappa shape index (κ3) is 3.88. The first-order valence-corrected chi connectivity index (χ1v) is 11.8. The number of anilines is 1. The number of pyridine rings is 1. The van der Waals surface area contributed by atoms with E-state index in [9.17, 15) is 4.79 Å². The second kappa shape index (κ2) is 8.39. The highest BCUT2D eigenvalue weighted by molar-refractivity contribution is 7.14. The molecular weight excluding hydrogens is 420 g/mol. The van der Waals surface area contributed by atoms with Gasteiger partial charge in [-0.1, -0.05) is 23.4 Å². The van der Waals surface area contributed by atoms with Crippen molar-refractivity contribution in [3.05, 3.63) is 74.9 Å². The highest BCUT2D eigenvalue weighted by atomic mass is 32.1. The molecule has 1 aromatic carbocycles. The number of thiophene rings is 1. The number of carbonyl (C=O) groups is 1. The van der Waals surface area contributed by atoms with Gasteiger partial charge in [-0.25, -0.2) is 0 Å². The molecule has 164 valence electrons.